The number of nitrogens with two attached hydrogens (primary N) is 1. The van der Waals surface area contributed by atoms with Gasteiger partial charge in [0.2, 0.25) is 0 Å². The molecule has 0 saturated heterocycles. The molecule has 0 bridgehead atoms. The maximum Gasteiger partial charge on any atom is 0.250 e. The van der Waals surface area contributed by atoms with Crippen LogP contribution >= 0.6 is 0 Å². The Labute approximate surface area is 130 Å². The lowest BCUT2D eigenvalue weighted by molar-refractivity contribution is 0.229. The number of hydrogen-bond donors (Lipinski definition) is 1. The van der Waals surface area contributed by atoms with Gasteiger partial charge >= 0.3 is 0 Å². The Kier molecular flexibility index (Phi) is 3.98. The third kappa shape index (κ3) is 2.90. The van der Waals surface area contributed by atoms with E-state index in [2.05, 4.69) is 16.2 Å². The molecule has 0 amide bonds. The Balaban J connectivity index is 1.74. The molecule has 2 aromatic rings. The maximum absolute atomic E-state index is 6.21. The highest BCUT2D eigenvalue weighted by Crippen LogP contribution is 2.37. The van der Waals surface area contributed by atoms with E-state index in [1.54, 1.807) is 7.11 Å². The zero-order valence-electron chi connectivity index (χ0n) is 13.0. The lowest BCUT2D eigenvalue weighted by Crippen LogP contribution is -2.44. The van der Waals surface area contributed by atoms with E-state index in [1.165, 1.54) is 0 Å². The predicted octanol–water partition coefficient (Wildman–Crippen LogP) is 3.06. The van der Waals surface area contributed by atoms with E-state index < -0.39 is 0 Å². The number of rotatable bonds is 5. The summed E-state index contributed by atoms with van der Waals surface area (Å²) in [5.41, 5.74) is 8.08. The van der Waals surface area contributed by atoms with Gasteiger partial charge in [-0.1, -0.05) is 28.9 Å². The van der Waals surface area contributed by atoms with E-state index in [-0.39, 0.29) is 5.54 Å². The van der Waals surface area contributed by atoms with Gasteiger partial charge in [0.25, 0.3) is 5.89 Å². The second-order valence-electron chi connectivity index (χ2n) is 5.95. The first kappa shape index (κ1) is 14.8. The first-order valence-electron chi connectivity index (χ1n) is 7.53. The van der Waals surface area contributed by atoms with E-state index in [0.717, 1.165) is 42.6 Å². The standard InChI is InChI=1S/C17H21N3O2/c1-12(10-13-6-3-4-7-14(13)21-2)11-15-19-16(20-22-15)17(18)8-5-9-17/h3-4,6-7,11H,5,8-10,18H2,1-2H3/b12-11+. The summed E-state index contributed by atoms with van der Waals surface area (Å²) in [6, 6.07) is 7.98. The fourth-order valence-electron chi connectivity index (χ4n) is 2.69. The monoisotopic (exact) mass is 299 g/mol. The molecule has 2 N–H and O–H groups in total. The summed E-state index contributed by atoms with van der Waals surface area (Å²) in [4.78, 5) is 4.42. The third-order valence-electron chi connectivity index (χ3n) is 4.16. The van der Waals surface area contributed by atoms with Crippen molar-refractivity contribution >= 4 is 6.08 Å². The van der Waals surface area contributed by atoms with Crippen LogP contribution in [-0.4, -0.2) is 17.3 Å². The number of benzene rings is 1. The van der Waals surface area contributed by atoms with Crippen LogP contribution in [-0.2, 0) is 12.0 Å². The van der Waals surface area contributed by atoms with Crippen LogP contribution in [0.4, 0.5) is 0 Å². The van der Waals surface area contributed by atoms with Gasteiger partial charge in [0, 0.05) is 6.08 Å². The molecule has 3 rings (SSSR count). The van der Waals surface area contributed by atoms with E-state index in [4.69, 9.17) is 15.0 Å². The normalized spacial score (nSPS) is 17.1. The molecule has 1 aromatic carbocycles. The minimum Gasteiger partial charge on any atom is -0.496 e. The van der Waals surface area contributed by atoms with Gasteiger partial charge < -0.3 is 15.0 Å². The highest BCUT2D eigenvalue weighted by molar-refractivity contribution is 5.46. The summed E-state index contributed by atoms with van der Waals surface area (Å²) in [7, 11) is 1.68. The van der Waals surface area contributed by atoms with Crippen molar-refractivity contribution in [2.24, 2.45) is 5.73 Å². The van der Waals surface area contributed by atoms with Crippen molar-refractivity contribution in [3.05, 3.63) is 47.1 Å². The smallest absolute Gasteiger partial charge is 0.250 e. The molecule has 0 radical (unpaired) electrons. The van der Waals surface area contributed by atoms with Crippen molar-refractivity contribution in [2.45, 2.75) is 38.1 Å². The number of nitrogens with zero attached hydrogens (tertiary/aromatic N) is 2. The predicted molar refractivity (Wildman–Crippen MR) is 84.4 cm³/mol. The molecule has 116 valence electrons. The fourth-order valence-corrected chi connectivity index (χ4v) is 2.69. The van der Waals surface area contributed by atoms with Crippen molar-refractivity contribution in [1.82, 2.24) is 10.1 Å². The van der Waals surface area contributed by atoms with Crippen LogP contribution < -0.4 is 10.5 Å². The molecule has 0 unspecified atom stereocenters. The van der Waals surface area contributed by atoms with Gasteiger partial charge in [0.1, 0.15) is 5.75 Å². The quantitative estimate of drug-likeness (QED) is 0.918. The van der Waals surface area contributed by atoms with Crippen LogP contribution in [0.2, 0.25) is 0 Å². The van der Waals surface area contributed by atoms with Crippen LogP contribution in [0.1, 0.15) is 43.5 Å². The molecule has 0 atom stereocenters. The highest BCUT2D eigenvalue weighted by Gasteiger charge is 2.38. The molecule has 5 nitrogen and oxygen atoms in total. The van der Waals surface area contributed by atoms with Crippen LogP contribution in [0.25, 0.3) is 6.08 Å². The summed E-state index contributed by atoms with van der Waals surface area (Å²) < 4.78 is 10.7. The SMILES string of the molecule is COc1ccccc1C/C(C)=C/c1nc(C2(N)CCC2)no1. The molecule has 22 heavy (non-hydrogen) atoms. The fraction of sp³-hybridized carbons (Fsp3) is 0.412. The molecule has 1 aromatic heterocycles. The van der Waals surface area contributed by atoms with Gasteiger partial charge in [0.15, 0.2) is 5.82 Å². The van der Waals surface area contributed by atoms with E-state index >= 15 is 0 Å². The van der Waals surface area contributed by atoms with Crippen LogP contribution in [0, 0.1) is 0 Å². The summed E-state index contributed by atoms with van der Waals surface area (Å²) in [5.74, 6) is 2.02. The molecule has 0 aliphatic heterocycles. The zero-order valence-corrected chi connectivity index (χ0v) is 13.0. The molecule has 1 aliphatic rings. The number of methoxy groups -OCH3 is 1. The minimum atomic E-state index is -0.383. The van der Waals surface area contributed by atoms with Gasteiger partial charge in [-0.25, -0.2) is 0 Å². The first-order valence-corrected chi connectivity index (χ1v) is 7.53. The summed E-state index contributed by atoms with van der Waals surface area (Å²) in [5, 5.41) is 4.02. The molecule has 1 fully saturated rings. The molecule has 0 spiro atoms. The largest absolute Gasteiger partial charge is 0.496 e. The number of aromatic nitrogens is 2. The highest BCUT2D eigenvalue weighted by atomic mass is 16.5. The van der Waals surface area contributed by atoms with Crippen LogP contribution in [0.5, 0.6) is 5.75 Å². The van der Waals surface area contributed by atoms with Gasteiger partial charge in [-0.3, -0.25) is 0 Å². The third-order valence-corrected chi connectivity index (χ3v) is 4.16. The topological polar surface area (TPSA) is 74.2 Å². The Bertz CT molecular complexity index is 687. The van der Waals surface area contributed by atoms with Crippen LogP contribution in [0.15, 0.2) is 34.4 Å². The maximum atomic E-state index is 6.21. The van der Waals surface area contributed by atoms with E-state index in [0.29, 0.717) is 11.7 Å². The van der Waals surface area contributed by atoms with Crippen molar-refractivity contribution in [1.29, 1.82) is 0 Å². The van der Waals surface area contributed by atoms with Gasteiger partial charge in [-0.15, -0.1) is 0 Å². The zero-order chi connectivity index (χ0) is 15.6. The summed E-state index contributed by atoms with van der Waals surface area (Å²) in [6.07, 6.45) is 5.66. The molecular weight excluding hydrogens is 278 g/mol. The van der Waals surface area contributed by atoms with Crippen molar-refractivity contribution in [3.63, 3.8) is 0 Å². The number of allylic oxidation sites excluding steroid dienone is 1. The minimum absolute atomic E-state index is 0.383. The van der Waals surface area contributed by atoms with Crippen LogP contribution in [0.3, 0.4) is 0 Å². The van der Waals surface area contributed by atoms with Gasteiger partial charge in [-0.05, 0) is 44.2 Å². The van der Waals surface area contributed by atoms with E-state index in [1.807, 2.05) is 31.2 Å². The molecule has 1 heterocycles. The summed E-state index contributed by atoms with van der Waals surface area (Å²) >= 11 is 0. The second kappa shape index (κ2) is 5.93. The van der Waals surface area contributed by atoms with Gasteiger partial charge in [-0.2, -0.15) is 4.98 Å². The lowest BCUT2D eigenvalue weighted by atomic mass is 9.77. The lowest BCUT2D eigenvalue weighted by Gasteiger charge is -2.34. The van der Waals surface area contributed by atoms with E-state index in [9.17, 15) is 0 Å². The Morgan fingerprint density at radius 2 is 2.18 bits per heavy atom. The Hall–Kier alpha value is -2.14. The molecule has 5 heteroatoms. The Morgan fingerprint density at radius 1 is 1.41 bits per heavy atom. The second-order valence-corrected chi connectivity index (χ2v) is 5.95. The van der Waals surface area contributed by atoms with Gasteiger partial charge in [0.05, 0.1) is 12.6 Å². The summed E-state index contributed by atoms with van der Waals surface area (Å²) in [6.45, 7) is 2.04. The molecular formula is C17H21N3O2. The number of hydrogen-bond acceptors (Lipinski definition) is 5. The Morgan fingerprint density at radius 3 is 2.86 bits per heavy atom. The number of ether oxygens (including phenoxy) is 1. The average molecular weight is 299 g/mol. The average Bonchev–Trinajstić information content (AvgIpc) is 2.94. The van der Waals surface area contributed by atoms with Crippen molar-refractivity contribution in [3.8, 4) is 5.75 Å². The molecule has 1 saturated carbocycles. The molecule has 1 aliphatic carbocycles. The van der Waals surface area contributed by atoms with Crippen molar-refractivity contribution in [2.75, 3.05) is 7.11 Å². The van der Waals surface area contributed by atoms with Crippen molar-refractivity contribution < 1.29 is 9.26 Å². The first-order chi connectivity index (χ1) is 10.6. The number of para-hydroxylation sites is 1.